The van der Waals surface area contributed by atoms with Crippen molar-refractivity contribution in [3.05, 3.63) is 59.8 Å². The number of aromatic nitrogens is 4. The molecule has 0 aliphatic heterocycles. The highest BCUT2D eigenvalue weighted by molar-refractivity contribution is 5.57. The molecule has 0 spiro atoms. The largest absolute Gasteiger partial charge is 0.497 e. The molecule has 5 nitrogen and oxygen atoms in total. The molecule has 2 heterocycles. The van der Waals surface area contributed by atoms with Crippen molar-refractivity contribution in [3.8, 4) is 17.0 Å². The molecule has 5 heteroatoms. The molecule has 0 bridgehead atoms. The van der Waals surface area contributed by atoms with E-state index < -0.39 is 0 Å². The van der Waals surface area contributed by atoms with E-state index in [1.165, 1.54) is 5.56 Å². The van der Waals surface area contributed by atoms with Gasteiger partial charge in [-0.15, -0.1) is 0 Å². The summed E-state index contributed by atoms with van der Waals surface area (Å²) in [5.41, 5.74) is 4.16. The van der Waals surface area contributed by atoms with Crippen molar-refractivity contribution in [2.45, 2.75) is 33.2 Å². The standard InChI is InChI=1S/C19H22N4O/c1-13(2)18-9-19(22-14(3)21-18)16-10-20-23(12-16)11-15-5-7-17(24-4)8-6-15/h5-10,12-13H,11H2,1-4H3. The Morgan fingerprint density at radius 3 is 2.54 bits per heavy atom. The lowest BCUT2D eigenvalue weighted by atomic mass is 10.1. The predicted octanol–water partition coefficient (Wildman–Crippen LogP) is 3.83. The van der Waals surface area contributed by atoms with Gasteiger partial charge < -0.3 is 4.74 Å². The molecule has 3 rings (SSSR count). The number of rotatable bonds is 5. The summed E-state index contributed by atoms with van der Waals surface area (Å²) >= 11 is 0. The van der Waals surface area contributed by atoms with Gasteiger partial charge in [0, 0.05) is 17.5 Å². The average molecular weight is 322 g/mol. The van der Waals surface area contributed by atoms with Gasteiger partial charge in [0.1, 0.15) is 11.6 Å². The van der Waals surface area contributed by atoms with Gasteiger partial charge in [-0.2, -0.15) is 5.10 Å². The van der Waals surface area contributed by atoms with Crippen LogP contribution in [-0.2, 0) is 6.54 Å². The normalized spacial score (nSPS) is 11.0. The quantitative estimate of drug-likeness (QED) is 0.716. The zero-order valence-corrected chi connectivity index (χ0v) is 14.5. The summed E-state index contributed by atoms with van der Waals surface area (Å²) in [7, 11) is 1.67. The topological polar surface area (TPSA) is 52.8 Å². The molecule has 0 aliphatic carbocycles. The van der Waals surface area contributed by atoms with E-state index in [2.05, 4.69) is 28.9 Å². The van der Waals surface area contributed by atoms with Crippen molar-refractivity contribution in [2.24, 2.45) is 0 Å². The van der Waals surface area contributed by atoms with Gasteiger partial charge in [-0.3, -0.25) is 4.68 Å². The second-order valence-corrected chi connectivity index (χ2v) is 6.15. The van der Waals surface area contributed by atoms with Crippen LogP contribution in [0.25, 0.3) is 11.3 Å². The number of nitrogens with zero attached hydrogens (tertiary/aromatic N) is 4. The summed E-state index contributed by atoms with van der Waals surface area (Å²) in [5, 5.41) is 4.46. The molecule has 0 N–H and O–H groups in total. The monoisotopic (exact) mass is 322 g/mol. The van der Waals surface area contributed by atoms with Crippen LogP contribution in [0.5, 0.6) is 5.75 Å². The Balaban J connectivity index is 1.82. The summed E-state index contributed by atoms with van der Waals surface area (Å²) < 4.78 is 7.11. The lowest BCUT2D eigenvalue weighted by molar-refractivity contribution is 0.414. The Kier molecular flexibility index (Phi) is 4.60. The molecule has 3 aromatic rings. The van der Waals surface area contributed by atoms with E-state index in [0.717, 1.165) is 28.5 Å². The number of hydrogen-bond acceptors (Lipinski definition) is 4. The predicted molar refractivity (Wildman–Crippen MR) is 94.2 cm³/mol. The highest BCUT2D eigenvalue weighted by Crippen LogP contribution is 2.21. The summed E-state index contributed by atoms with van der Waals surface area (Å²) in [5.74, 6) is 2.02. The van der Waals surface area contributed by atoms with E-state index in [-0.39, 0.29) is 0 Å². The molecule has 0 saturated carbocycles. The first-order chi connectivity index (χ1) is 11.5. The van der Waals surface area contributed by atoms with E-state index in [0.29, 0.717) is 12.5 Å². The molecule has 2 aromatic heterocycles. The Bertz CT molecular complexity index is 822. The Morgan fingerprint density at radius 2 is 1.88 bits per heavy atom. The summed E-state index contributed by atoms with van der Waals surface area (Å²) in [6.07, 6.45) is 3.88. The van der Waals surface area contributed by atoms with Gasteiger partial charge in [-0.1, -0.05) is 26.0 Å². The van der Waals surface area contributed by atoms with Gasteiger partial charge in [-0.25, -0.2) is 9.97 Å². The summed E-state index contributed by atoms with van der Waals surface area (Å²) in [6, 6.07) is 10.1. The van der Waals surface area contributed by atoms with Gasteiger partial charge in [0.05, 0.1) is 25.5 Å². The van der Waals surface area contributed by atoms with Crippen molar-refractivity contribution in [3.63, 3.8) is 0 Å². The molecule has 1 aromatic carbocycles. The number of methoxy groups -OCH3 is 1. The summed E-state index contributed by atoms with van der Waals surface area (Å²) in [4.78, 5) is 9.05. The van der Waals surface area contributed by atoms with Gasteiger partial charge in [-0.05, 0) is 36.6 Å². The van der Waals surface area contributed by atoms with Crippen LogP contribution < -0.4 is 4.74 Å². The SMILES string of the molecule is COc1ccc(Cn2cc(-c3cc(C(C)C)nc(C)n3)cn2)cc1. The van der Waals surface area contributed by atoms with Crippen LogP contribution in [0.1, 0.15) is 36.8 Å². The van der Waals surface area contributed by atoms with Gasteiger partial charge in [0.15, 0.2) is 0 Å². The zero-order valence-electron chi connectivity index (χ0n) is 14.5. The molecular weight excluding hydrogens is 300 g/mol. The van der Waals surface area contributed by atoms with Crippen LogP contribution >= 0.6 is 0 Å². The molecule has 0 atom stereocenters. The second kappa shape index (κ2) is 6.83. The Morgan fingerprint density at radius 1 is 1.12 bits per heavy atom. The Labute approximate surface area is 142 Å². The molecular formula is C19H22N4O. The first-order valence-corrected chi connectivity index (χ1v) is 8.06. The average Bonchev–Trinajstić information content (AvgIpc) is 3.03. The first-order valence-electron chi connectivity index (χ1n) is 8.06. The van der Waals surface area contributed by atoms with E-state index in [1.807, 2.05) is 54.3 Å². The molecule has 24 heavy (non-hydrogen) atoms. The summed E-state index contributed by atoms with van der Waals surface area (Å²) in [6.45, 7) is 6.92. The second-order valence-electron chi connectivity index (χ2n) is 6.15. The number of hydrogen-bond donors (Lipinski definition) is 0. The van der Waals surface area contributed by atoms with Crippen LogP contribution in [0.4, 0.5) is 0 Å². The highest BCUT2D eigenvalue weighted by atomic mass is 16.5. The third-order valence-electron chi connectivity index (χ3n) is 3.88. The van der Waals surface area contributed by atoms with Crippen LogP contribution in [-0.4, -0.2) is 26.9 Å². The van der Waals surface area contributed by atoms with Gasteiger partial charge >= 0.3 is 0 Å². The van der Waals surface area contributed by atoms with E-state index >= 15 is 0 Å². The fourth-order valence-corrected chi connectivity index (χ4v) is 2.53. The molecule has 0 saturated heterocycles. The third kappa shape index (κ3) is 3.62. The van der Waals surface area contributed by atoms with Crippen LogP contribution in [0.15, 0.2) is 42.7 Å². The minimum absolute atomic E-state index is 0.375. The number of ether oxygens (including phenoxy) is 1. The lowest BCUT2D eigenvalue weighted by Crippen LogP contribution is -2.00. The maximum absolute atomic E-state index is 5.19. The third-order valence-corrected chi connectivity index (χ3v) is 3.88. The van der Waals surface area contributed by atoms with E-state index in [4.69, 9.17) is 4.74 Å². The fourth-order valence-electron chi connectivity index (χ4n) is 2.53. The fraction of sp³-hybridized carbons (Fsp3) is 0.316. The van der Waals surface area contributed by atoms with E-state index in [1.54, 1.807) is 7.11 Å². The molecule has 0 aliphatic rings. The first kappa shape index (κ1) is 16.2. The zero-order chi connectivity index (χ0) is 17.1. The smallest absolute Gasteiger partial charge is 0.126 e. The van der Waals surface area contributed by atoms with Crippen LogP contribution in [0.2, 0.25) is 0 Å². The minimum Gasteiger partial charge on any atom is -0.497 e. The Hall–Kier alpha value is -2.69. The van der Waals surface area contributed by atoms with E-state index in [9.17, 15) is 0 Å². The van der Waals surface area contributed by atoms with Gasteiger partial charge in [0.25, 0.3) is 0 Å². The van der Waals surface area contributed by atoms with Crippen LogP contribution in [0, 0.1) is 6.92 Å². The molecule has 124 valence electrons. The molecule has 0 radical (unpaired) electrons. The maximum Gasteiger partial charge on any atom is 0.126 e. The molecule has 0 fully saturated rings. The number of benzene rings is 1. The van der Waals surface area contributed by atoms with Crippen molar-refractivity contribution in [1.82, 2.24) is 19.7 Å². The maximum atomic E-state index is 5.19. The molecule has 0 unspecified atom stereocenters. The minimum atomic E-state index is 0.375. The van der Waals surface area contributed by atoms with Crippen LogP contribution in [0.3, 0.4) is 0 Å². The number of aryl methyl sites for hydroxylation is 1. The molecule has 0 amide bonds. The van der Waals surface area contributed by atoms with Crippen molar-refractivity contribution in [1.29, 1.82) is 0 Å². The lowest BCUT2D eigenvalue weighted by Gasteiger charge is -2.07. The van der Waals surface area contributed by atoms with Crippen molar-refractivity contribution >= 4 is 0 Å². The highest BCUT2D eigenvalue weighted by Gasteiger charge is 2.09. The van der Waals surface area contributed by atoms with Crippen molar-refractivity contribution < 1.29 is 4.74 Å². The van der Waals surface area contributed by atoms with Crippen molar-refractivity contribution in [2.75, 3.05) is 7.11 Å². The van der Waals surface area contributed by atoms with Gasteiger partial charge in [0.2, 0.25) is 0 Å².